The van der Waals surface area contributed by atoms with E-state index in [4.69, 9.17) is 21.1 Å². The van der Waals surface area contributed by atoms with Crippen molar-refractivity contribution in [2.24, 2.45) is 0 Å². The zero-order valence-electron chi connectivity index (χ0n) is 14.8. The van der Waals surface area contributed by atoms with E-state index in [1.54, 1.807) is 30.0 Å². The first-order valence-electron chi connectivity index (χ1n) is 8.88. The van der Waals surface area contributed by atoms with Crippen molar-refractivity contribution in [2.75, 3.05) is 23.4 Å². The van der Waals surface area contributed by atoms with Crippen LogP contribution in [0.3, 0.4) is 0 Å². The number of carbonyl (C=O) groups is 2. The lowest BCUT2D eigenvalue weighted by Gasteiger charge is -2.17. The number of fused-ring (bicyclic) bond motifs is 2. The summed E-state index contributed by atoms with van der Waals surface area (Å²) in [5, 5.41) is 3.53. The second kappa shape index (κ2) is 7.12. The van der Waals surface area contributed by atoms with Crippen LogP contribution in [0.4, 0.5) is 16.2 Å². The molecule has 0 saturated carbocycles. The van der Waals surface area contributed by atoms with Crippen LogP contribution in [-0.2, 0) is 22.4 Å². The SMILES string of the molecule is CCOC(=O)N1CCc2cc(NC(=O)C3Cc4cc(Cl)ccc4O3)ccc21. The number of benzene rings is 2. The van der Waals surface area contributed by atoms with Gasteiger partial charge in [-0.3, -0.25) is 9.69 Å². The Hall–Kier alpha value is -2.73. The fourth-order valence-electron chi connectivity index (χ4n) is 3.46. The van der Waals surface area contributed by atoms with Gasteiger partial charge < -0.3 is 14.8 Å². The molecule has 0 aromatic heterocycles. The molecule has 2 heterocycles. The molecule has 2 amide bonds. The van der Waals surface area contributed by atoms with Crippen LogP contribution in [0.1, 0.15) is 18.1 Å². The van der Waals surface area contributed by atoms with Crippen LogP contribution in [0.5, 0.6) is 5.75 Å². The van der Waals surface area contributed by atoms with Gasteiger partial charge in [0.25, 0.3) is 5.91 Å². The molecule has 4 rings (SSSR count). The second-order valence-electron chi connectivity index (χ2n) is 6.50. The molecule has 140 valence electrons. The van der Waals surface area contributed by atoms with Gasteiger partial charge in [-0.25, -0.2) is 4.79 Å². The molecule has 0 spiro atoms. The van der Waals surface area contributed by atoms with Crippen molar-refractivity contribution in [3.05, 3.63) is 52.5 Å². The number of hydrogen-bond donors (Lipinski definition) is 1. The Morgan fingerprint density at radius 2 is 2.11 bits per heavy atom. The molecule has 0 bridgehead atoms. The Morgan fingerprint density at radius 3 is 2.93 bits per heavy atom. The Kier molecular flexibility index (Phi) is 4.66. The first-order valence-corrected chi connectivity index (χ1v) is 9.26. The van der Waals surface area contributed by atoms with Crippen molar-refractivity contribution in [1.29, 1.82) is 0 Å². The lowest BCUT2D eigenvalue weighted by atomic mass is 10.1. The minimum atomic E-state index is -0.581. The van der Waals surface area contributed by atoms with E-state index < -0.39 is 6.10 Å². The number of rotatable bonds is 3. The molecule has 27 heavy (non-hydrogen) atoms. The molecule has 0 saturated heterocycles. The van der Waals surface area contributed by atoms with Gasteiger partial charge in [0.2, 0.25) is 0 Å². The van der Waals surface area contributed by atoms with Crippen LogP contribution < -0.4 is 15.0 Å². The third-order valence-electron chi connectivity index (χ3n) is 4.72. The summed E-state index contributed by atoms with van der Waals surface area (Å²) in [6.45, 7) is 2.70. The first-order chi connectivity index (χ1) is 13.0. The zero-order valence-corrected chi connectivity index (χ0v) is 15.6. The van der Waals surface area contributed by atoms with E-state index in [9.17, 15) is 9.59 Å². The number of ether oxygens (including phenoxy) is 2. The number of nitrogens with one attached hydrogen (secondary N) is 1. The van der Waals surface area contributed by atoms with Crippen molar-refractivity contribution in [1.82, 2.24) is 0 Å². The van der Waals surface area contributed by atoms with Gasteiger partial charge in [0.05, 0.1) is 12.3 Å². The predicted octanol–water partition coefficient (Wildman–Crippen LogP) is 3.80. The molecule has 7 heteroatoms. The smallest absolute Gasteiger partial charge is 0.414 e. The van der Waals surface area contributed by atoms with E-state index in [2.05, 4.69) is 5.32 Å². The number of amides is 2. The minimum absolute atomic E-state index is 0.206. The van der Waals surface area contributed by atoms with E-state index in [-0.39, 0.29) is 12.0 Å². The molecule has 2 aliphatic heterocycles. The standard InChI is InChI=1S/C20H19ClN2O4/c1-2-26-20(25)23-8-7-12-10-15(4-5-16(12)23)22-19(24)18-11-13-9-14(21)3-6-17(13)27-18/h3-6,9-10,18H,2,7-8,11H2,1H3,(H,22,24). The van der Waals surface area contributed by atoms with Gasteiger partial charge in [-0.2, -0.15) is 0 Å². The predicted molar refractivity (Wildman–Crippen MR) is 103 cm³/mol. The first kappa shape index (κ1) is 17.7. The lowest BCUT2D eigenvalue weighted by molar-refractivity contribution is -0.122. The number of hydrogen-bond acceptors (Lipinski definition) is 4. The van der Waals surface area contributed by atoms with Gasteiger partial charge in [-0.05, 0) is 60.9 Å². The number of carbonyl (C=O) groups excluding carboxylic acids is 2. The molecular formula is C20H19ClN2O4. The molecule has 0 fully saturated rings. The third kappa shape index (κ3) is 3.45. The van der Waals surface area contributed by atoms with E-state index in [1.807, 2.05) is 18.2 Å². The van der Waals surface area contributed by atoms with Crippen LogP contribution in [0.15, 0.2) is 36.4 Å². The quantitative estimate of drug-likeness (QED) is 0.871. The number of nitrogens with zero attached hydrogens (tertiary/aromatic N) is 1. The van der Waals surface area contributed by atoms with Gasteiger partial charge >= 0.3 is 6.09 Å². The van der Waals surface area contributed by atoms with Crippen LogP contribution in [0.25, 0.3) is 0 Å². The van der Waals surface area contributed by atoms with Gasteiger partial charge in [-0.15, -0.1) is 0 Å². The number of anilines is 2. The zero-order chi connectivity index (χ0) is 19.0. The Morgan fingerprint density at radius 1 is 1.26 bits per heavy atom. The van der Waals surface area contributed by atoms with E-state index in [0.717, 1.165) is 23.2 Å². The summed E-state index contributed by atoms with van der Waals surface area (Å²) in [7, 11) is 0. The summed E-state index contributed by atoms with van der Waals surface area (Å²) in [6.07, 6.45) is 0.289. The van der Waals surface area contributed by atoms with Crippen molar-refractivity contribution < 1.29 is 19.1 Å². The minimum Gasteiger partial charge on any atom is -0.480 e. The monoisotopic (exact) mass is 386 g/mol. The van der Waals surface area contributed by atoms with Crippen molar-refractivity contribution in [3.63, 3.8) is 0 Å². The summed E-state index contributed by atoms with van der Waals surface area (Å²) < 4.78 is 10.8. The fourth-order valence-corrected chi connectivity index (χ4v) is 3.65. The maximum absolute atomic E-state index is 12.6. The molecule has 2 aliphatic rings. The highest BCUT2D eigenvalue weighted by atomic mass is 35.5. The Labute approximate surface area is 162 Å². The average molecular weight is 387 g/mol. The van der Waals surface area contributed by atoms with E-state index >= 15 is 0 Å². The second-order valence-corrected chi connectivity index (χ2v) is 6.93. The van der Waals surface area contributed by atoms with Gasteiger partial charge in [0, 0.05) is 23.7 Å². The van der Waals surface area contributed by atoms with Crippen LogP contribution in [0, 0.1) is 0 Å². The molecular weight excluding hydrogens is 368 g/mol. The maximum Gasteiger partial charge on any atom is 0.414 e. The molecule has 1 N–H and O–H groups in total. The third-order valence-corrected chi connectivity index (χ3v) is 4.96. The summed E-state index contributed by atoms with van der Waals surface area (Å²) in [4.78, 5) is 26.2. The summed E-state index contributed by atoms with van der Waals surface area (Å²) >= 11 is 6.00. The van der Waals surface area contributed by atoms with Crippen LogP contribution in [0.2, 0.25) is 5.02 Å². The van der Waals surface area contributed by atoms with Crippen LogP contribution in [-0.4, -0.2) is 31.3 Å². The molecule has 6 nitrogen and oxygen atoms in total. The van der Waals surface area contributed by atoms with Gasteiger partial charge in [-0.1, -0.05) is 11.6 Å². The van der Waals surface area contributed by atoms with E-state index in [0.29, 0.717) is 36.0 Å². The highest BCUT2D eigenvalue weighted by molar-refractivity contribution is 6.30. The van der Waals surface area contributed by atoms with Crippen LogP contribution >= 0.6 is 11.6 Å². The van der Waals surface area contributed by atoms with E-state index in [1.165, 1.54) is 0 Å². The average Bonchev–Trinajstić information content (AvgIpc) is 3.25. The maximum atomic E-state index is 12.6. The van der Waals surface area contributed by atoms with Crippen molar-refractivity contribution in [3.8, 4) is 5.75 Å². The number of halogens is 1. The summed E-state index contributed by atoms with van der Waals surface area (Å²) in [5.41, 5.74) is 3.44. The summed E-state index contributed by atoms with van der Waals surface area (Å²) in [5.74, 6) is 0.487. The van der Waals surface area contributed by atoms with Crippen molar-refractivity contribution in [2.45, 2.75) is 25.9 Å². The molecule has 0 radical (unpaired) electrons. The Balaban J connectivity index is 1.44. The fraction of sp³-hybridized carbons (Fsp3) is 0.300. The molecule has 1 atom stereocenters. The highest BCUT2D eigenvalue weighted by Crippen LogP contribution is 2.33. The Bertz CT molecular complexity index is 915. The largest absolute Gasteiger partial charge is 0.480 e. The highest BCUT2D eigenvalue weighted by Gasteiger charge is 2.30. The topological polar surface area (TPSA) is 67.9 Å². The molecule has 2 aromatic carbocycles. The lowest BCUT2D eigenvalue weighted by Crippen LogP contribution is -2.31. The molecule has 2 aromatic rings. The molecule has 1 unspecified atom stereocenters. The summed E-state index contributed by atoms with van der Waals surface area (Å²) in [6, 6.07) is 10.9. The van der Waals surface area contributed by atoms with Crippen molar-refractivity contribution >= 4 is 35.0 Å². The van der Waals surface area contributed by atoms with Gasteiger partial charge in [0.1, 0.15) is 5.75 Å². The normalized spacial score (nSPS) is 17.1. The molecule has 0 aliphatic carbocycles. The van der Waals surface area contributed by atoms with Gasteiger partial charge in [0.15, 0.2) is 6.10 Å².